The highest BCUT2D eigenvalue weighted by atomic mass is 35.5. The second-order valence-corrected chi connectivity index (χ2v) is 4.90. The van der Waals surface area contributed by atoms with E-state index in [9.17, 15) is 0 Å². The van der Waals surface area contributed by atoms with Crippen LogP contribution in [0.1, 0.15) is 11.1 Å². The Hall–Kier alpha value is -1.87. The van der Waals surface area contributed by atoms with Crippen LogP contribution in [0.2, 0.25) is 5.02 Å². The van der Waals surface area contributed by atoms with Crippen molar-refractivity contribution in [3.05, 3.63) is 52.5 Å². The fourth-order valence-electron chi connectivity index (χ4n) is 2.06. The number of aryl methyl sites for hydroxylation is 1. The zero-order chi connectivity index (χ0) is 14.5. The molecule has 0 aliphatic carbocycles. The number of hydrogen-bond donors (Lipinski definition) is 1. The van der Waals surface area contributed by atoms with Gasteiger partial charge in [-0.1, -0.05) is 29.8 Å². The van der Waals surface area contributed by atoms with Crippen LogP contribution < -0.4 is 14.8 Å². The monoisotopic (exact) mass is 291 g/mol. The van der Waals surface area contributed by atoms with Gasteiger partial charge in [0.2, 0.25) is 0 Å². The maximum Gasteiger partial charge on any atom is 0.165 e. The zero-order valence-electron chi connectivity index (χ0n) is 11.9. The van der Waals surface area contributed by atoms with Gasteiger partial charge in [0.05, 0.1) is 24.9 Å². The lowest BCUT2D eigenvalue weighted by atomic mass is 10.1. The highest BCUT2D eigenvalue weighted by Gasteiger charge is 2.09. The topological polar surface area (TPSA) is 30.5 Å². The average Bonchev–Trinajstić information content (AvgIpc) is 2.47. The Balaban J connectivity index is 2.20. The third-order valence-corrected chi connectivity index (χ3v) is 3.41. The van der Waals surface area contributed by atoms with E-state index in [1.165, 1.54) is 0 Å². The normalized spacial score (nSPS) is 10.2. The maximum absolute atomic E-state index is 6.18. The molecular weight excluding hydrogens is 274 g/mol. The lowest BCUT2D eigenvalue weighted by molar-refractivity contribution is 0.352. The Bertz CT molecular complexity index is 599. The number of methoxy groups -OCH3 is 2. The molecule has 0 amide bonds. The smallest absolute Gasteiger partial charge is 0.165 e. The third-order valence-electron chi connectivity index (χ3n) is 3.08. The minimum absolute atomic E-state index is 0.615. The van der Waals surface area contributed by atoms with Crippen LogP contribution >= 0.6 is 11.6 Å². The van der Waals surface area contributed by atoms with E-state index >= 15 is 0 Å². The van der Waals surface area contributed by atoms with E-state index in [1.807, 2.05) is 43.3 Å². The largest absolute Gasteiger partial charge is 0.493 e. The van der Waals surface area contributed by atoms with E-state index in [1.54, 1.807) is 14.2 Å². The average molecular weight is 292 g/mol. The Morgan fingerprint density at radius 2 is 1.90 bits per heavy atom. The molecule has 0 aromatic heterocycles. The van der Waals surface area contributed by atoms with E-state index in [2.05, 4.69) is 5.32 Å². The number of halogens is 1. The van der Waals surface area contributed by atoms with Gasteiger partial charge in [-0.05, 0) is 30.7 Å². The van der Waals surface area contributed by atoms with Gasteiger partial charge in [-0.3, -0.25) is 0 Å². The molecule has 1 N–H and O–H groups in total. The summed E-state index contributed by atoms with van der Waals surface area (Å²) in [5.74, 6) is 1.47. The van der Waals surface area contributed by atoms with Crippen molar-refractivity contribution < 1.29 is 9.47 Å². The van der Waals surface area contributed by atoms with Crippen LogP contribution in [-0.4, -0.2) is 14.2 Å². The van der Waals surface area contributed by atoms with Crippen molar-refractivity contribution in [2.75, 3.05) is 19.5 Å². The molecule has 106 valence electrons. The summed E-state index contributed by atoms with van der Waals surface area (Å²) in [7, 11) is 3.27. The molecule has 2 rings (SSSR count). The molecule has 0 saturated carbocycles. The highest BCUT2D eigenvalue weighted by Crippen LogP contribution is 2.32. The lowest BCUT2D eigenvalue weighted by Crippen LogP contribution is -2.03. The molecular formula is C16H18ClNO2. The molecule has 0 spiro atoms. The fourth-order valence-corrected chi connectivity index (χ4v) is 2.24. The molecule has 0 bridgehead atoms. The van der Waals surface area contributed by atoms with Crippen molar-refractivity contribution in [1.29, 1.82) is 0 Å². The van der Waals surface area contributed by atoms with E-state index in [4.69, 9.17) is 21.1 Å². The summed E-state index contributed by atoms with van der Waals surface area (Å²) >= 11 is 6.18. The molecule has 0 heterocycles. The summed E-state index contributed by atoms with van der Waals surface area (Å²) in [6.45, 7) is 2.65. The lowest BCUT2D eigenvalue weighted by Gasteiger charge is -2.14. The quantitative estimate of drug-likeness (QED) is 0.892. The van der Waals surface area contributed by atoms with Gasteiger partial charge >= 0.3 is 0 Å². The van der Waals surface area contributed by atoms with E-state index < -0.39 is 0 Å². The molecule has 0 fully saturated rings. The number of benzene rings is 2. The molecule has 0 unspecified atom stereocenters. The standard InChI is InChI=1S/C16H18ClNO2/c1-11-7-8-13(17)14(9-11)18-10-12-5-4-6-15(19-2)16(12)20-3/h4-9,18H,10H2,1-3H3. The maximum atomic E-state index is 6.18. The second-order valence-electron chi connectivity index (χ2n) is 4.49. The van der Waals surface area contributed by atoms with Crippen LogP contribution in [0.5, 0.6) is 11.5 Å². The van der Waals surface area contributed by atoms with Gasteiger partial charge in [0.25, 0.3) is 0 Å². The first-order valence-corrected chi connectivity index (χ1v) is 6.73. The van der Waals surface area contributed by atoms with Crippen molar-refractivity contribution in [2.24, 2.45) is 0 Å². The van der Waals surface area contributed by atoms with Gasteiger partial charge in [0, 0.05) is 12.1 Å². The van der Waals surface area contributed by atoms with Crippen LogP contribution in [0.25, 0.3) is 0 Å². The number of rotatable bonds is 5. The van der Waals surface area contributed by atoms with Gasteiger partial charge in [-0.25, -0.2) is 0 Å². The molecule has 0 radical (unpaired) electrons. The van der Waals surface area contributed by atoms with Crippen molar-refractivity contribution in [3.8, 4) is 11.5 Å². The SMILES string of the molecule is COc1cccc(CNc2cc(C)ccc2Cl)c1OC. The van der Waals surface area contributed by atoms with Gasteiger partial charge in [-0.15, -0.1) is 0 Å². The minimum Gasteiger partial charge on any atom is -0.493 e. The molecule has 0 atom stereocenters. The van der Waals surface area contributed by atoms with Gasteiger partial charge in [0.1, 0.15) is 0 Å². The summed E-state index contributed by atoms with van der Waals surface area (Å²) in [5, 5.41) is 4.03. The summed E-state index contributed by atoms with van der Waals surface area (Å²) in [5.41, 5.74) is 3.09. The first-order valence-electron chi connectivity index (χ1n) is 6.35. The van der Waals surface area contributed by atoms with E-state index in [-0.39, 0.29) is 0 Å². The number of hydrogen-bond acceptors (Lipinski definition) is 3. The van der Waals surface area contributed by atoms with Crippen LogP contribution in [0, 0.1) is 6.92 Å². The van der Waals surface area contributed by atoms with Crippen LogP contribution in [0.4, 0.5) is 5.69 Å². The first kappa shape index (κ1) is 14.5. The molecule has 2 aromatic carbocycles. The minimum atomic E-state index is 0.615. The zero-order valence-corrected chi connectivity index (χ0v) is 12.6. The molecule has 20 heavy (non-hydrogen) atoms. The van der Waals surface area contributed by atoms with E-state index in [0.717, 1.165) is 28.3 Å². The molecule has 3 nitrogen and oxygen atoms in total. The Labute approximate surface area is 124 Å². The molecule has 0 aliphatic rings. The number of anilines is 1. The summed E-state index contributed by atoms with van der Waals surface area (Å²) in [6, 6.07) is 11.7. The number of ether oxygens (including phenoxy) is 2. The summed E-state index contributed by atoms with van der Waals surface area (Å²) in [6.07, 6.45) is 0. The fraction of sp³-hybridized carbons (Fsp3) is 0.250. The third kappa shape index (κ3) is 3.17. The van der Waals surface area contributed by atoms with E-state index in [0.29, 0.717) is 11.6 Å². The number of para-hydroxylation sites is 1. The van der Waals surface area contributed by atoms with Crippen LogP contribution in [0.15, 0.2) is 36.4 Å². The van der Waals surface area contributed by atoms with Gasteiger partial charge in [0.15, 0.2) is 11.5 Å². The second kappa shape index (κ2) is 6.53. The molecule has 2 aromatic rings. The Morgan fingerprint density at radius 1 is 1.10 bits per heavy atom. The molecule has 0 saturated heterocycles. The predicted octanol–water partition coefficient (Wildman–Crippen LogP) is 4.28. The first-order chi connectivity index (χ1) is 9.65. The van der Waals surface area contributed by atoms with Gasteiger partial charge in [-0.2, -0.15) is 0 Å². The summed E-state index contributed by atoms with van der Waals surface area (Å²) in [4.78, 5) is 0. The molecule has 4 heteroatoms. The van der Waals surface area contributed by atoms with Crippen molar-refractivity contribution in [2.45, 2.75) is 13.5 Å². The van der Waals surface area contributed by atoms with Crippen molar-refractivity contribution in [1.82, 2.24) is 0 Å². The van der Waals surface area contributed by atoms with Crippen LogP contribution in [0.3, 0.4) is 0 Å². The van der Waals surface area contributed by atoms with Crippen molar-refractivity contribution >= 4 is 17.3 Å². The predicted molar refractivity (Wildman–Crippen MR) is 83.1 cm³/mol. The highest BCUT2D eigenvalue weighted by molar-refractivity contribution is 6.33. The van der Waals surface area contributed by atoms with Crippen molar-refractivity contribution in [3.63, 3.8) is 0 Å². The number of nitrogens with one attached hydrogen (secondary N) is 1. The Morgan fingerprint density at radius 3 is 2.60 bits per heavy atom. The summed E-state index contributed by atoms with van der Waals surface area (Å²) < 4.78 is 10.7. The van der Waals surface area contributed by atoms with Crippen LogP contribution in [-0.2, 0) is 6.54 Å². The van der Waals surface area contributed by atoms with Gasteiger partial charge < -0.3 is 14.8 Å². The Kier molecular flexibility index (Phi) is 4.74. The molecule has 0 aliphatic heterocycles.